The van der Waals surface area contributed by atoms with Crippen LogP contribution in [0.5, 0.6) is 5.75 Å². The molecule has 2 aromatic rings. The number of carbonyl (C=O) groups excluding carboxylic acids is 3. The van der Waals surface area contributed by atoms with E-state index in [1.54, 1.807) is 42.5 Å². The Balaban J connectivity index is 1.68. The molecule has 26 heavy (non-hydrogen) atoms. The summed E-state index contributed by atoms with van der Waals surface area (Å²) in [7, 11) is 0. The van der Waals surface area contributed by atoms with Crippen LogP contribution < -0.4 is 10.1 Å². The van der Waals surface area contributed by atoms with Crippen molar-refractivity contribution in [2.24, 2.45) is 0 Å². The number of rotatable bonds is 8. The van der Waals surface area contributed by atoms with E-state index in [1.807, 2.05) is 6.07 Å². The number of ether oxygens (including phenoxy) is 2. The molecule has 1 N–H and O–H groups in total. The molecule has 2 aromatic carbocycles. The molecule has 0 atom stereocenters. The number of Topliss-reactive ketones (excluding diaryl/α,β-unsaturated/α-hetero) is 1. The fourth-order valence-electron chi connectivity index (χ4n) is 2.00. The Morgan fingerprint density at radius 1 is 1.00 bits per heavy atom. The number of ketones is 1. The highest BCUT2D eigenvalue weighted by Crippen LogP contribution is 2.14. The van der Waals surface area contributed by atoms with Gasteiger partial charge in [0.15, 0.2) is 19.0 Å². The number of halogens is 1. The van der Waals surface area contributed by atoms with Crippen LogP contribution in [0.2, 0.25) is 5.02 Å². The zero-order valence-electron chi connectivity index (χ0n) is 14.2. The van der Waals surface area contributed by atoms with Gasteiger partial charge in [0.1, 0.15) is 5.75 Å². The van der Waals surface area contributed by atoms with Crippen LogP contribution in [0.25, 0.3) is 0 Å². The molecular formula is C19H18ClNO5. The van der Waals surface area contributed by atoms with Gasteiger partial charge in [-0.15, -0.1) is 0 Å². The van der Waals surface area contributed by atoms with Gasteiger partial charge in [0.25, 0.3) is 5.91 Å². The van der Waals surface area contributed by atoms with Crippen molar-refractivity contribution in [2.75, 3.05) is 13.2 Å². The predicted octanol–water partition coefficient (Wildman–Crippen LogP) is 2.78. The van der Waals surface area contributed by atoms with E-state index in [1.165, 1.54) is 6.92 Å². The third-order valence-electron chi connectivity index (χ3n) is 3.42. The van der Waals surface area contributed by atoms with Crippen LogP contribution in [0.1, 0.15) is 22.8 Å². The average molecular weight is 376 g/mol. The van der Waals surface area contributed by atoms with Crippen LogP contribution >= 0.6 is 11.6 Å². The van der Waals surface area contributed by atoms with Gasteiger partial charge < -0.3 is 14.8 Å². The largest absolute Gasteiger partial charge is 0.482 e. The van der Waals surface area contributed by atoms with Crippen LogP contribution in [0.15, 0.2) is 48.5 Å². The summed E-state index contributed by atoms with van der Waals surface area (Å²) in [6.07, 6.45) is 0. The molecule has 7 heteroatoms. The van der Waals surface area contributed by atoms with E-state index >= 15 is 0 Å². The van der Waals surface area contributed by atoms with Crippen molar-refractivity contribution in [1.29, 1.82) is 0 Å². The van der Waals surface area contributed by atoms with E-state index in [-0.39, 0.29) is 18.9 Å². The lowest BCUT2D eigenvalue weighted by Crippen LogP contribution is -2.29. The van der Waals surface area contributed by atoms with Crippen molar-refractivity contribution < 1.29 is 23.9 Å². The number of carbonyl (C=O) groups is 3. The first-order valence-electron chi connectivity index (χ1n) is 7.85. The van der Waals surface area contributed by atoms with Crippen LogP contribution in [0.4, 0.5) is 0 Å². The van der Waals surface area contributed by atoms with E-state index in [4.69, 9.17) is 21.1 Å². The number of benzene rings is 2. The standard InChI is InChI=1S/C19H18ClNO5/c1-13(22)14-6-8-16(9-7-14)25-12-19(24)26-11-18(23)21-10-15-4-2-3-5-17(15)20/h2-9H,10-12H2,1H3,(H,21,23). The number of esters is 1. The van der Waals surface area contributed by atoms with Gasteiger partial charge in [0, 0.05) is 17.1 Å². The van der Waals surface area contributed by atoms with Crippen LogP contribution in [-0.4, -0.2) is 30.9 Å². The second kappa shape index (κ2) is 9.58. The van der Waals surface area contributed by atoms with Crippen molar-refractivity contribution in [3.05, 3.63) is 64.7 Å². The topological polar surface area (TPSA) is 81.7 Å². The zero-order chi connectivity index (χ0) is 18.9. The summed E-state index contributed by atoms with van der Waals surface area (Å²) in [5, 5.41) is 3.16. The number of hydrogen-bond donors (Lipinski definition) is 1. The fourth-order valence-corrected chi connectivity index (χ4v) is 2.20. The summed E-state index contributed by atoms with van der Waals surface area (Å²) in [5.74, 6) is -0.744. The van der Waals surface area contributed by atoms with Crippen molar-refractivity contribution >= 4 is 29.3 Å². The molecule has 6 nitrogen and oxygen atoms in total. The maximum absolute atomic E-state index is 11.7. The Bertz CT molecular complexity index is 789. The molecule has 0 aliphatic carbocycles. The van der Waals surface area contributed by atoms with Gasteiger partial charge in [-0.05, 0) is 42.8 Å². The molecule has 1 amide bonds. The monoisotopic (exact) mass is 375 g/mol. The predicted molar refractivity (Wildman–Crippen MR) is 96.2 cm³/mol. The summed E-state index contributed by atoms with van der Waals surface area (Å²) in [5.41, 5.74) is 1.32. The van der Waals surface area contributed by atoms with Gasteiger partial charge in [-0.3, -0.25) is 9.59 Å². The van der Waals surface area contributed by atoms with E-state index in [0.29, 0.717) is 16.3 Å². The Morgan fingerprint density at radius 2 is 1.69 bits per heavy atom. The summed E-state index contributed by atoms with van der Waals surface area (Å²) in [4.78, 5) is 34.5. The van der Waals surface area contributed by atoms with Crippen molar-refractivity contribution in [2.45, 2.75) is 13.5 Å². The minimum atomic E-state index is -0.673. The molecule has 0 saturated carbocycles. The Kier molecular flexibility index (Phi) is 7.17. The molecule has 0 unspecified atom stereocenters. The maximum Gasteiger partial charge on any atom is 0.344 e. The lowest BCUT2D eigenvalue weighted by atomic mass is 10.1. The summed E-state index contributed by atoms with van der Waals surface area (Å²) >= 11 is 5.99. The summed E-state index contributed by atoms with van der Waals surface area (Å²) in [6, 6.07) is 13.5. The van der Waals surface area contributed by atoms with Crippen molar-refractivity contribution in [1.82, 2.24) is 5.32 Å². The molecular weight excluding hydrogens is 358 g/mol. The molecule has 0 aliphatic rings. The van der Waals surface area contributed by atoms with E-state index in [9.17, 15) is 14.4 Å². The number of amides is 1. The second-order valence-corrected chi connectivity index (χ2v) is 5.81. The van der Waals surface area contributed by atoms with Gasteiger partial charge in [-0.1, -0.05) is 29.8 Å². The lowest BCUT2D eigenvalue weighted by molar-refractivity contribution is -0.150. The molecule has 0 bridgehead atoms. The normalized spacial score (nSPS) is 10.1. The van der Waals surface area contributed by atoms with Gasteiger partial charge >= 0.3 is 5.97 Å². The highest BCUT2D eigenvalue weighted by Gasteiger charge is 2.09. The second-order valence-electron chi connectivity index (χ2n) is 5.40. The molecule has 0 aliphatic heterocycles. The average Bonchev–Trinajstić information content (AvgIpc) is 2.64. The van der Waals surface area contributed by atoms with Gasteiger partial charge in [-0.25, -0.2) is 4.79 Å². The minimum Gasteiger partial charge on any atom is -0.482 e. The van der Waals surface area contributed by atoms with Gasteiger partial charge in [0.05, 0.1) is 0 Å². The van der Waals surface area contributed by atoms with E-state index in [0.717, 1.165) is 5.56 Å². The molecule has 0 fully saturated rings. The molecule has 0 heterocycles. The van der Waals surface area contributed by atoms with E-state index < -0.39 is 18.5 Å². The maximum atomic E-state index is 11.7. The minimum absolute atomic E-state index is 0.0567. The van der Waals surface area contributed by atoms with E-state index in [2.05, 4.69) is 5.32 Å². The molecule has 0 spiro atoms. The lowest BCUT2D eigenvalue weighted by Gasteiger charge is -2.09. The van der Waals surface area contributed by atoms with Crippen LogP contribution in [0.3, 0.4) is 0 Å². The molecule has 0 aromatic heterocycles. The highest BCUT2D eigenvalue weighted by atomic mass is 35.5. The Hall–Kier alpha value is -2.86. The van der Waals surface area contributed by atoms with Crippen LogP contribution in [-0.2, 0) is 20.9 Å². The molecule has 136 valence electrons. The third-order valence-corrected chi connectivity index (χ3v) is 3.78. The number of nitrogens with one attached hydrogen (secondary N) is 1. The van der Waals surface area contributed by atoms with Crippen molar-refractivity contribution in [3.8, 4) is 5.75 Å². The smallest absolute Gasteiger partial charge is 0.344 e. The SMILES string of the molecule is CC(=O)c1ccc(OCC(=O)OCC(=O)NCc2ccccc2Cl)cc1. The van der Waals surface area contributed by atoms with Crippen molar-refractivity contribution in [3.63, 3.8) is 0 Å². The highest BCUT2D eigenvalue weighted by molar-refractivity contribution is 6.31. The Morgan fingerprint density at radius 3 is 2.35 bits per heavy atom. The molecule has 0 radical (unpaired) electrons. The molecule has 0 saturated heterocycles. The summed E-state index contributed by atoms with van der Waals surface area (Å²) in [6.45, 7) is 0.964. The Labute approximate surface area is 156 Å². The molecule has 2 rings (SSSR count). The first-order chi connectivity index (χ1) is 12.5. The van der Waals surface area contributed by atoms with Gasteiger partial charge in [-0.2, -0.15) is 0 Å². The van der Waals surface area contributed by atoms with Gasteiger partial charge in [0.2, 0.25) is 0 Å². The number of hydrogen-bond acceptors (Lipinski definition) is 5. The zero-order valence-corrected chi connectivity index (χ0v) is 14.9. The third kappa shape index (κ3) is 6.22. The first kappa shape index (κ1) is 19.5. The first-order valence-corrected chi connectivity index (χ1v) is 8.23. The summed E-state index contributed by atoms with van der Waals surface area (Å²) < 4.78 is 10.1. The quantitative estimate of drug-likeness (QED) is 0.566. The fraction of sp³-hybridized carbons (Fsp3) is 0.211. The van der Waals surface area contributed by atoms with Crippen LogP contribution in [0, 0.1) is 0 Å².